The van der Waals surface area contributed by atoms with Gasteiger partial charge in [0.25, 0.3) is 0 Å². The number of nitrogens with one attached hydrogen (secondary N) is 2. The molecular weight excluding hydrogens is 248 g/mol. The minimum atomic E-state index is -0.915. The lowest BCUT2D eigenvalue weighted by Crippen LogP contribution is -2.43. The molecule has 0 saturated carbocycles. The maximum Gasteiger partial charge on any atom is 0.315 e. The van der Waals surface area contributed by atoms with Crippen molar-refractivity contribution in [1.82, 2.24) is 20.4 Å². The molecule has 106 valence electrons. The first-order chi connectivity index (χ1) is 9.02. The highest BCUT2D eigenvalue weighted by Crippen LogP contribution is 1.98. The molecule has 2 amide bonds. The number of aliphatic carboxylic acids is 1. The van der Waals surface area contributed by atoms with Crippen molar-refractivity contribution in [2.45, 2.75) is 32.2 Å². The molecule has 1 atom stereocenters. The minimum Gasteiger partial charge on any atom is -0.481 e. The molecule has 0 aliphatic heterocycles. The number of carbonyl (C=O) groups excluding carboxylic acids is 1. The fourth-order valence-corrected chi connectivity index (χ4v) is 1.70. The van der Waals surface area contributed by atoms with E-state index in [2.05, 4.69) is 15.7 Å². The monoisotopic (exact) mass is 268 g/mol. The number of hydrogen-bond donors (Lipinski definition) is 3. The van der Waals surface area contributed by atoms with E-state index in [1.165, 1.54) is 0 Å². The normalized spacial score (nSPS) is 11.9. The van der Waals surface area contributed by atoms with Crippen molar-refractivity contribution in [3.8, 4) is 0 Å². The predicted molar refractivity (Wildman–Crippen MR) is 69.8 cm³/mol. The molecule has 1 heterocycles. The Morgan fingerprint density at radius 1 is 1.53 bits per heavy atom. The average Bonchev–Trinajstić information content (AvgIpc) is 2.73. The highest BCUT2D eigenvalue weighted by atomic mass is 16.4. The van der Waals surface area contributed by atoms with Gasteiger partial charge < -0.3 is 15.7 Å². The van der Waals surface area contributed by atoms with E-state index in [-0.39, 0.29) is 18.5 Å². The average molecular weight is 268 g/mol. The molecule has 1 unspecified atom stereocenters. The Kier molecular flexibility index (Phi) is 5.84. The largest absolute Gasteiger partial charge is 0.481 e. The Labute approximate surface area is 112 Å². The van der Waals surface area contributed by atoms with Crippen LogP contribution in [0, 0.1) is 0 Å². The Morgan fingerprint density at radius 3 is 2.79 bits per heavy atom. The van der Waals surface area contributed by atoms with Crippen molar-refractivity contribution in [2.24, 2.45) is 7.05 Å². The van der Waals surface area contributed by atoms with E-state index in [1.807, 2.05) is 20.0 Å². The summed E-state index contributed by atoms with van der Waals surface area (Å²) in [6.45, 7) is 2.32. The van der Waals surface area contributed by atoms with Gasteiger partial charge >= 0.3 is 12.0 Å². The number of aryl methyl sites for hydroxylation is 1. The van der Waals surface area contributed by atoms with Gasteiger partial charge in [0.2, 0.25) is 0 Å². The van der Waals surface area contributed by atoms with E-state index >= 15 is 0 Å². The molecule has 0 spiro atoms. The lowest BCUT2D eigenvalue weighted by atomic mass is 10.1. The van der Waals surface area contributed by atoms with Crippen LogP contribution in [0.25, 0.3) is 0 Å². The van der Waals surface area contributed by atoms with Gasteiger partial charge in [0.15, 0.2) is 0 Å². The Hall–Kier alpha value is -2.05. The summed E-state index contributed by atoms with van der Waals surface area (Å²) in [6, 6.07) is 1.21. The summed E-state index contributed by atoms with van der Waals surface area (Å²) in [5.41, 5.74) is 1.03. The number of carboxylic acid groups (broad SMARTS) is 1. The van der Waals surface area contributed by atoms with Gasteiger partial charge in [-0.3, -0.25) is 9.48 Å². The molecule has 3 N–H and O–H groups in total. The van der Waals surface area contributed by atoms with Crippen LogP contribution < -0.4 is 10.6 Å². The third-order valence-electron chi connectivity index (χ3n) is 2.84. The molecule has 0 aromatic carbocycles. The Bertz CT molecular complexity index is 430. The SMILES string of the molecule is CCC(CC(=O)O)NC(=O)NCCc1ccnn1C. The molecule has 19 heavy (non-hydrogen) atoms. The van der Waals surface area contributed by atoms with Crippen molar-refractivity contribution in [3.05, 3.63) is 18.0 Å². The standard InChI is InChI=1S/C12H20N4O3/c1-3-9(8-11(17)18)15-12(19)13-6-4-10-5-7-14-16(10)2/h5,7,9H,3-4,6,8H2,1-2H3,(H,17,18)(H2,13,15,19). The summed E-state index contributed by atoms with van der Waals surface area (Å²) in [4.78, 5) is 22.1. The molecule has 0 radical (unpaired) electrons. The van der Waals surface area contributed by atoms with Crippen LogP contribution in [0.5, 0.6) is 0 Å². The third kappa shape index (κ3) is 5.41. The molecule has 0 bridgehead atoms. The number of carboxylic acids is 1. The number of aromatic nitrogens is 2. The third-order valence-corrected chi connectivity index (χ3v) is 2.84. The zero-order chi connectivity index (χ0) is 14.3. The van der Waals surface area contributed by atoms with Gasteiger partial charge in [-0.1, -0.05) is 6.92 Å². The molecular formula is C12H20N4O3. The molecule has 0 fully saturated rings. The fraction of sp³-hybridized carbons (Fsp3) is 0.583. The number of nitrogens with zero attached hydrogens (tertiary/aromatic N) is 2. The maximum atomic E-state index is 11.6. The first kappa shape index (κ1) is 15.0. The number of urea groups is 1. The summed E-state index contributed by atoms with van der Waals surface area (Å²) in [6.07, 6.45) is 2.90. The van der Waals surface area contributed by atoms with Gasteiger partial charge in [-0.05, 0) is 12.5 Å². The summed E-state index contributed by atoms with van der Waals surface area (Å²) in [5.74, 6) is -0.915. The lowest BCUT2D eigenvalue weighted by molar-refractivity contribution is -0.137. The molecule has 0 aliphatic carbocycles. The first-order valence-corrected chi connectivity index (χ1v) is 6.26. The van der Waals surface area contributed by atoms with Crippen LogP contribution >= 0.6 is 0 Å². The van der Waals surface area contributed by atoms with Gasteiger partial charge in [-0.15, -0.1) is 0 Å². The van der Waals surface area contributed by atoms with Gasteiger partial charge in [0.1, 0.15) is 0 Å². The molecule has 7 nitrogen and oxygen atoms in total. The van der Waals surface area contributed by atoms with Crippen LogP contribution in [-0.2, 0) is 18.3 Å². The van der Waals surface area contributed by atoms with Crippen LogP contribution in [0.4, 0.5) is 4.79 Å². The zero-order valence-corrected chi connectivity index (χ0v) is 11.2. The van der Waals surface area contributed by atoms with Crippen LogP contribution in [-0.4, -0.2) is 39.5 Å². The van der Waals surface area contributed by atoms with Crippen molar-refractivity contribution >= 4 is 12.0 Å². The zero-order valence-electron chi connectivity index (χ0n) is 11.2. The molecule has 1 rings (SSSR count). The van der Waals surface area contributed by atoms with Crippen molar-refractivity contribution < 1.29 is 14.7 Å². The van der Waals surface area contributed by atoms with Crippen LogP contribution in [0.3, 0.4) is 0 Å². The van der Waals surface area contributed by atoms with Crippen LogP contribution in [0.15, 0.2) is 12.3 Å². The molecule has 1 aromatic heterocycles. The second-order valence-electron chi connectivity index (χ2n) is 4.30. The van der Waals surface area contributed by atoms with E-state index < -0.39 is 5.97 Å². The second-order valence-corrected chi connectivity index (χ2v) is 4.30. The van der Waals surface area contributed by atoms with Crippen molar-refractivity contribution in [1.29, 1.82) is 0 Å². The molecule has 0 aliphatic rings. The van der Waals surface area contributed by atoms with Crippen molar-refractivity contribution in [3.63, 3.8) is 0 Å². The van der Waals surface area contributed by atoms with Crippen LogP contribution in [0.1, 0.15) is 25.5 Å². The van der Waals surface area contributed by atoms with E-state index in [0.717, 1.165) is 5.69 Å². The Morgan fingerprint density at radius 2 is 2.26 bits per heavy atom. The van der Waals surface area contributed by atoms with E-state index in [4.69, 9.17) is 5.11 Å². The Balaban J connectivity index is 2.27. The number of carbonyl (C=O) groups is 2. The number of amides is 2. The predicted octanol–water partition coefficient (Wildman–Crippen LogP) is 0.515. The van der Waals surface area contributed by atoms with E-state index in [0.29, 0.717) is 19.4 Å². The maximum absolute atomic E-state index is 11.6. The molecule has 0 saturated heterocycles. The van der Waals surface area contributed by atoms with Gasteiger partial charge in [0, 0.05) is 37.9 Å². The second kappa shape index (κ2) is 7.40. The topological polar surface area (TPSA) is 96.2 Å². The number of rotatable bonds is 7. The smallest absolute Gasteiger partial charge is 0.315 e. The lowest BCUT2D eigenvalue weighted by Gasteiger charge is -2.15. The van der Waals surface area contributed by atoms with Gasteiger partial charge in [0.05, 0.1) is 6.42 Å². The van der Waals surface area contributed by atoms with Crippen molar-refractivity contribution in [2.75, 3.05) is 6.54 Å². The number of hydrogen-bond acceptors (Lipinski definition) is 3. The first-order valence-electron chi connectivity index (χ1n) is 6.26. The van der Waals surface area contributed by atoms with Crippen LogP contribution in [0.2, 0.25) is 0 Å². The highest BCUT2D eigenvalue weighted by molar-refractivity contribution is 5.75. The summed E-state index contributed by atoms with van der Waals surface area (Å²) in [7, 11) is 1.84. The summed E-state index contributed by atoms with van der Waals surface area (Å²) in [5, 5.41) is 18.1. The molecule has 1 aromatic rings. The van der Waals surface area contributed by atoms with E-state index in [1.54, 1.807) is 10.9 Å². The minimum absolute atomic E-state index is 0.0638. The molecule has 7 heteroatoms. The fourth-order valence-electron chi connectivity index (χ4n) is 1.70. The highest BCUT2D eigenvalue weighted by Gasteiger charge is 2.13. The summed E-state index contributed by atoms with van der Waals surface area (Å²) >= 11 is 0. The quantitative estimate of drug-likeness (QED) is 0.671. The summed E-state index contributed by atoms with van der Waals surface area (Å²) < 4.78 is 1.75. The van der Waals surface area contributed by atoms with Gasteiger partial charge in [-0.2, -0.15) is 5.10 Å². The van der Waals surface area contributed by atoms with Gasteiger partial charge in [-0.25, -0.2) is 4.79 Å². The van der Waals surface area contributed by atoms with E-state index in [9.17, 15) is 9.59 Å².